The first-order chi connectivity index (χ1) is 19.0. The lowest BCUT2D eigenvalue weighted by Crippen LogP contribution is -2.41. The fourth-order valence-corrected chi connectivity index (χ4v) is 6.22. The molecule has 0 aliphatic rings. The molecule has 0 spiro atoms. The summed E-state index contributed by atoms with van der Waals surface area (Å²) in [5.74, 6) is 0.371. The van der Waals surface area contributed by atoms with E-state index in [9.17, 15) is 13.2 Å². The largest absolute Gasteiger partial charge is 0.444 e. The van der Waals surface area contributed by atoms with E-state index in [1.165, 1.54) is 11.3 Å². The molecule has 0 aliphatic heterocycles. The third-order valence-corrected chi connectivity index (χ3v) is 8.87. The van der Waals surface area contributed by atoms with Crippen molar-refractivity contribution in [3.05, 3.63) is 40.5 Å². The number of hydrogen-bond donors (Lipinski definition) is 3. The number of nitrogens with one attached hydrogen (secondary N) is 3. The molecule has 0 fully saturated rings. The predicted molar refractivity (Wildman–Crippen MR) is 167 cm³/mol. The number of amides is 1. The molecule has 41 heavy (non-hydrogen) atoms. The number of carbonyl (C=O) groups excluding carboxylic acids is 1. The Hall–Kier alpha value is -2.96. The lowest BCUT2D eigenvalue weighted by Gasteiger charge is -2.22. The molecule has 10 nitrogen and oxygen atoms in total. The summed E-state index contributed by atoms with van der Waals surface area (Å²) in [5.41, 5.74) is 1.28. The van der Waals surface area contributed by atoms with Gasteiger partial charge in [-0.3, -0.25) is 4.72 Å². The molecule has 3 aromatic rings. The van der Waals surface area contributed by atoms with Gasteiger partial charge in [0.05, 0.1) is 37.7 Å². The van der Waals surface area contributed by atoms with Gasteiger partial charge < -0.3 is 15.4 Å². The Balaban J connectivity index is 1.94. The number of halogens is 1. The van der Waals surface area contributed by atoms with Crippen LogP contribution in [0.2, 0.25) is 5.02 Å². The van der Waals surface area contributed by atoms with Crippen LogP contribution in [0.25, 0.3) is 21.8 Å². The summed E-state index contributed by atoms with van der Waals surface area (Å²) >= 11 is 8.27. The third-order valence-electron chi connectivity index (χ3n) is 5.48. The molecule has 224 valence electrons. The summed E-state index contributed by atoms with van der Waals surface area (Å²) in [6.45, 7) is 15.7. The van der Waals surface area contributed by atoms with Crippen molar-refractivity contribution in [3.8, 4) is 21.8 Å². The number of sulfonamides is 1. The fourth-order valence-electron chi connectivity index (χ4n) is 3.65. The van der Waals surface area contributed by atoms with E-state index >= 15 is 0 Å². The van der Waals surface area contributed by atoms with Crippen LogP contribution in [0.5, 0.6) is 0 Å². The van der Waals surface area contributed by atoms with Crippen molar-refractivity contribution < 1.29 is 17.9 Å². The number of benzene rings is 1. The van der Waals surface area contributed by atoms with Crippen molar-refractivity contribution in [3.63, 3.8) is 0 Å². The minimum Gasteiger partial charge on any atom is -0.444 e. The number of ether oxygens (including phenoxy) is 1. The molecule has 2 aromatic heterocycles. The smallest absolute Gasteiger partial charge is 0.407 e. The van der Waals surface area contributed by atoms with Crippen LogP contribution in [0.1, 0.15) is 66.8 Å². The molecule has 0 bridgehead atoms. The zero-order chi connectivity index (χ0) is 30.6. The third kappa shape index (κ3) is 9.27. The number of aromatic nitrogens is 3. The lowest BCUT2D eigenvalue weighted by atomic mass is 9.98. The summed E-state index contributed by atoms with van der Waals surface area (Å²) in [4.78, 5) is 26.9. The number of anilines is 2. The number of alkyl carbamates (subject to hydrolysis) is 1. The SMILES string of the molecule is CCCS(=O)(=O)Nc1cccc(-c2nc(C(C)(C)C)sc2-c2ccnc(NCC(C)NC(=O)OC(C)(C)C)n2)c1Cl. The Morgan fingerprint density at radius 3 is 2.46 bits per heavy atom. The van der Waals surface area contributed by atoms with Crippen molar-refractivity contribution in [1.82, 2.24) is 20.3 Å². The van der Waals surface area contributed by atoms with E-state index in [0.29, 0.717) is 41.6 Å². The zero-order valence-electron chi connectivity index (χ0n) is 24.8. The van der Waals surface area contributed by atoms with E-state index in [1.54, 1.807) is 31.3 Å². The number of hydrogen-bond acceptors (Lipinski definition) is 9. The summed E-state index contributed by atoms with van der Waals surface area (Å²) in [6, 6.07) is 6.74. The molecule has 2 heterocycles. The maximum absolute atomic E-state index is 12.5. The average Bonchev–Trinajstić information content (AvgIpc) is 3.29. The van der Waals surface area contributed by atoms with Crippen molar-refractivity contribution >= 4 is 50.7 Å². The molecular weight excluding hydrogens is 584 g/mol. The van der Waals surface area contributed by atoms with Gasteiger partial charge in [0.15, 0.2) is 0 Å². The van der Waals surface area contributed by atoms with Gasteiger partial charge in [-0.15, -0.1) is 11.3 Å². The van der Waals surface area contributed by atoms with Crippen LogP contribution in [-0.4, -0.2) is 53.4 Å². The summed E-state index contributed by atoms with van der Waals surface area (Å²) in [6.07, 6.45) is 1.63. The van der Waals surface area contributed by atoms with E-state index < -0.39 is 21.7 Å². The van der Waals surface area contributed by atoms with Gasteiger partial charge in [0.25, 0.3) is 0 Å². The van der Waals surface area contributed by atoms with Gasteiger partial charge in [0, 0.05) is 29.8 Å². The highest BCUT2D eigenvalue weighted by Crippen LogP contribution is 2.43. The van der Waals surface area contributed by atoms with E-state index in [1.807, 2.05) is 33.8 Å². The van der Waals surface area contributed by atoms with E-state index in [0.717, 1.165) is 9.88 Å². The topological polar surface area (TPSA) is 135 Å². The van der Waals surface area contributed by atoms with E-state index in [4.69, 9.17) is 26.3 Å². The van der Waals surface area contributed by atoms with E-state index in [-0.39, 0.29) is 22.2 Å². The summed E-state index contributed by atoms with van der Waals surface area (Å²) in [5, 5.41) is 7.09. The average molecular weight is 623 g/mol. The zero-order valence-corrected chi connectivity index (χ0v) is 27.1. The molecular formula is C28H39ClN6O4S2. The molecule has 1 aromatic carbocycles. The molecule has 3 N–H and O–H groups in total. The van der Waals surface area contributed by atoms with Crippen LogP contribution in [0.4, 0.5) is 16.4 Å². The molecule has 1 atom stereocenters. The van der Waals surface area contributed by atoms with Crippen molar-refractivity contribution in [2.24, 2.45) is 0 Å². The van der Waals surface area contributed by atoms with Crippen LogP contribution in [0, 0.1) is 0 Å². The highest BCUT2D eigenvalue weighted by Gasteiger charge is 2.26. The van der Waals surface area contributed by atoms with Crippen LogP contribution in [0.3, 0.4) is 0 Å². The highest BCUT2D eigenvalue weighted by atomic mass is 35.5. The van der Waals surface area contributed by atoms with Crippen LogP contribution in [0.15, 0.2) is 30.5 Å². The molecule has 1 unspecified atom stereocenters. The molecule has 0 aliphatic carbocycles. The van der Waals surface area contributed by atoms with Gasteiger partial charge in [0.2, 0.25) is 16.0 Å². The van der Waals surface area contributed by atoms with Crippen molar-refractivity contribution in [2.45, 2.75) is 78.9 Å². The highest BCUT2D eigenvalue weighted by molar-refractivity contribution is 7.92. The van der Waals surface area contributed by atoms with Crippen LogP contribution >= 0.6 is 22.9 Å². The first-order valence-corrected chi connectivity index (χ1v) is 16.2. The molecule has 0 radical (unpaired) electrons. The normalized spacial score (nSPS) is 13.0. The second kappa shape index (κ2) is 12.9. The second-order valence-electron chi connectivity index (χ2n) is 11.7. The standard InChI is InChI=1S/C28H39ClN6O4S2/c1-9-15-41(37,38)35-19-12-10-11-18(21(19)29)22-23(40-24(34-22)27(3,4)5)20-13-14-30-25(33-20)31-16-17(2)32-26(36)39-28(6,7)8/h10-14,17,35H,9,15-16H2,1-8H3,(H,32,36)(H,30,31,33). The van der Waals surface area contributed by atoms with Crippen molar-refractivity contribution in [1.29, 1.82) is 0 Å². The van der Waals surface area contributed by atoms with Gasteiger partial charge in [-0.25, -0.2) is 28.2 Å². The van der Waals surface area contributed by atoms with Gasteiger partial charge in [-0.05, 0) is 46.2 Å². The van der Waals surface area contributed by atoms with Gasteiger partial charge in [-0.2, -0.15) is 0 Å². The monoisotopic (exact) mass is 622 g/mol. The number of rotatable bonds is 10. The summed E-state index contributed by atoms with van der Waals surface area (Å²) < 4.78 is 32.8. The Morgan fingerprint density at radius 2 is 1.83 bits per heavy atom. The maximum atomic E-state index is 12.5. The number of thiazole rings is 1. The Morgan fingerprint density at radius 1 is 1.12 bits per heavy atom. The molecule has 0 saturated carbocycles. The molecule has 3 rings (SSSR count). The maximum Gasteiger partial charge on any atom is 0.407 e. The fraction of sp³-hybridized carbons (Fsp3) is 0.500. The lowest BCUT2D eigenvalue weighted by molar-refractivity contribution is 0.0511. The van der Waals surface area contributed by atoms with Crippen molar-refractivity contribution in [2.75, 3.05) is 22.3 Å². The van der Waals surface area contributed by atoms with Crippen LogP contribution in [-0.2, 0) is 20.2 Å². The van der Waals surface area contributed by atoms with Gasteiger partial charge >= 0.3 is 6.09 Å². The number of carbonyl (C=O) groups is 1. The Labute approximate surface area is 251 Å². The predicted octanol–water partition coefficient (Wildman–Crippen LogP) is 6.69. The van der Waals surface area contributed by atoms with Crippen LogP contribution < -0.4 is 15.4 Å². The van der Waals surface area contributed by atoms with Gasteiger partial charge in [0.1, 0.15) is 5.60 Å². The van der Waals surface area contributed by atoms with Gasteiger partial charge in [-0.1, -0.05) is 51.4 Å². The van der Waals surface area contributed by atoms with E-state index in [2.05, 4.69) is 41.1 Å². The minimum atomic E-state index is -3.54. The Bertz CT molecular complexity index is 1480. The second-order valence-corrected chi connectivity index (χ2v) is 14.9. The quantitative estimate of drug-likeness (QED) is 0.227. The first kappa shape index (κ1) is 32.6. The molecule has 0 saturated heterocycles. The summed E-state index contributed by atoms with van der Waals surface area (Å²) in [7, 11) is -3.54. The molecule has 13 heteroatoms. The Kier molecular flexibility index (Phi) is 10.3. The minimum absolute atomic E-state index is 0.00764. The first-order valence-electron chi connectivity index (χ1n) is 13.4. The number of nitrogens with zero attached hydrogens (tertiary/aromatic N) is 3. The molecule has 1 amide bonds.